The summed E-state index contributed by atoms with van der Waals surface area (Å²) in [6.45, 7) is 6.84. The van der Waals surface area contributed by atoms with Crippen molar-refractivity contribution in [3.8, 4) is 0 Å². The van der Waals surface area contributed by atoms with Crippen molar-refractivity contribution < 1.29 is 0 Å². The number of H-pyrrole nitrogens is 1. The Morgan fingerprint density at radius 1 is 1.10 bits per heavy atom. The van der Waals surface area contributed by atoms with Crippen LogP contribution in [0.2, 0.25) is 0 Å². The first-order valence-electron chi connectivity index (χ1n) is 8.59. The highest BCUT2D eigenvalue weighted by Gasteiger charge is 2.11. The molecule has 0 amide bonds. The van der Waals surface area contributed by atoms with Crippen molar-refractivity contribution in [2.45, 2.75) is 72.1 Å². The molecule has 2 nitrogen and oxygen atoms in total. The summed E-state index contributed by atoms with van der Waals surface area (Å²) in [7, 11) is 0. The van der Waals surface area contributed by atoms with Crippen molar-refractivity contribution in [2.75, 3.05) is 0 Å². The van der Waals surface area contributed by atoms with Crippen LogP contribution >= 0.6 is 0 Å². The van der Waals surface area contributed by atoms with E-state index in [1.807, 2.05) is 0 Å². The van der Waals surface area contributed by atoms with E-state index in [2.05, 4.69) is 49.2 Å². The lowest BCUT2D eigenvalue weighted by atomic mass is 9.93. The summed E-state index contributed by atoms with van der Waals surface area (Å²) in [5.74, 6) is 0.663. The molecule has 0 unspecified atom stereocenters. The molecule has 0 spiro atoms. The second-order valence-corrected chi connectivity index (χ2v) is 6.56. The van der Waals surface area contributed by atoms with Crippen LogP contribution in [-0.2, 0) is 12.8 Å². The molecule has 0 aliphatic rings. The summed E-state index contributed by atoms with van der Waals surface area (Å²) in [4.78, 5) is 7.54. The Balaban J connectivity index is 2.00. The Labute approximate surface area is 129 Å². The second kappa shape index (κ2) is 8.21. The average Bonchev–Trinajstić information content (AvgIpc) is 2.93. The molecule has 1 aromatic heterocycles. The number of nitrogens with zero attached hydrogens (tertiary/aromatic N) is 1. The third-order valence-electron chi connectivity index (χ3n) is 4.15. The van der Waals surface area contributed by atoms with Gasteiger partial charge in [0.2, 0.25) is 0 Å². The minimum atomic E-state index is 0.663. The van der Waals surface area contributed by atoms with Gasteiger partial charge in [-0.3, -0.25) is 0 Å². The summed E-state index contributed by atoms with van der Waals surface area (Å²) in [5.41, 5.74) is 5.19. The topological polar surface area (TPSA) is 28.7 Å². The Bertz CT molecular complexity index is 539. The molecule has 2 aromatic rings. The van der Waals surface area contributed by atoms with E-state index < -0.39 is 0 Å². The van der Waals surface area contributed by atoms with Crippen LogP contribution < -0.4 is 0 Å². The predicted molar refractivity (Wildman–Crippen MR) is 90.6 cm³/mol. The fourth-order valence-electron chi connectivity index (χ4n) is 3.02. The summed E-state index contributed by atoms with van der Waals surface area (Å²) < 4.78 is 0. The lowest BCUT2D eigenvalue weighted by Gasteiger charge is -2.12. The van der Waals surface area contributed by atoms with Crippen LogP contribution in [0.5, 0.6) is 0 Å². The van der Waals surface area contributed by atoms with E-state index in [0.29, 0.717) is 5.92 Å². The van der Waals surface area contributed by atoms with Crippen LogP contribution in [0.25, 0.3) is 11.0 Å². The van der Waals surface area contributed by atoms with E-state index >= 15 is 0 Å². The minimum absolute atomic E-state index is 0.663. The number of imidazole rings is 1. The number of rotatable bonds is 9. The van der Waals surface area contributed by atoms with Gasteiger partial charge in [-0.1, -0.05) is 58.9 Å². The highest BCUT2D eigenvalue weighted by Crippen LogP contribution is 2.24. The molecule has 2 heteroatoms. The Morgan fingerprint density at radius 2 is 1.86 bits per heavy atom. The molecule has 0 saturated carbocycles. The van der Waals surface area contributed by atoms with E-state index in [1.165, 1.54) is 56.1 Å². The summed E-state index contributed by atoms with van der Waals surface area (Å²) in [5, 5.41) is 0. The molecule has 0 bridgehead atoms. The van der Waals surface area contributed by atoms with Crippen molar-refractivity contribution in [1.82, 2.24) is 9.97 Å². The smallest absolute Gasteiger partial charge is 0.174 e. The molecule has 0 aliphatic heterocycles. The summed E-state index contributed by atoms with van der Waals surface area (Å²) in [6.07, 6.45) is 13.3. The van der Waals surface area contributed by atoms with E-state index in [0.717, 1.165) is 17.5 Å². The SMILES string of the molecule is CCCCCCCCc1ccc2[nH][c]nc2c1CC(C)C. The predicted octanol–water partition coefficient (Wildman–Crippen LogP) is 5.46. The molecule has 0 fully saturated rings. The Hall–Kier alpha value is -1.31. The maximum Gasteiger partial charge on any atom is 0.174 e. The minimum Gasteiger partial charge on any atom is -0.335 e. The highest BCUT2D eigenvalue weighted by atomic mass is 14.9. The standard InChI is InChI=1S/C19H29N2/c1-4-5-6-7-8-9-10-16-11-12-18-19(21-14-20-18)17(16)13-15(2)3/h11-12,15H,4-10,13H2,1-3H3,(H,20,21). The van der Waals surface area contributed by atoms with Crippen molar-refractivity contribution in [3.05, 3.63) is 29.6 Å². The quantitative estimate of drug-likeness (QED) is 0.608. The van der Waals surface area contributed by atoms with Crippen LogP contribution in [0.4, 0.5) is 0 Å². The molecule has 2 rings (SSSR count). The van der Waals surface area contributed by atoms with E-state index in [1.54, 1.807) is 0 Å². The van der Waals surface area contributed by atoms with Gasteiger partial charge in [0.15, 0.2) is 6.33 Å². The maximum atomic E-state index is 4.42. The number of aryl methyl sites for hydroxylation is 1. The zero-order chi connectivity index (χ0) is 15.1. The van der Waals surface area contributed by atoms with Crippen LogP contribution in [0, 0.1) is 12.2 Å². The number of hydrogen-bond acceptors (Lipinski definition) is 1. The number of aromatic amines is 1. The number of aromatic nitrogens is 2. The van der Waals surface area contributed by atoms with Gasteiger partial charge in [-0.15, -0.1) is 0 Å². The fraction of sp³-hybridized carbons (Fsp3) is 0.632. The molecule has 115 valence electrons. The highest BCUT2D eigenvalue weighted by molar-refractivity contribution is 5.79. The van der Waals surface area contributed by atoms with Gasteiger partial charge >= 0.3 is 0 Å². The first-order valence-corrected chi connectivity index (χ1v) is 8.59. The number of benzene rings is 1. The first-order chi connectivity index (χ1) is 10.2. The third-order valence-corrected chi connectivity index (χ3v) is 4.15. The molecule has 0 aliphatic carbocycles. The van der Waals surface area contributed by atoms with Gasteiger partial charge in [-0.05, 0) is 42.4 Å². The second-order valence-electron chi connectivity index (χ2n) is 6.56. The normalized spacial score (nSPS) is 11.6. The molecule has 0 atom stereocenters. The maximum absolute atomic E-state index is 4.42. The van der Waals surface area contributed by atoms with Crippen molar-refractivity contribution >= 4 is 11.0 Å². The zero-order valence-electron chi connectivity index (χ0n) is 13.8. The molecule has 1 N–H and O–H groups in total. The Morgan fingerprint density at radius 3 is 2.62 bits per heavy atom. The van der Waals surface area contributed by atoms with E-state index in [4.69, 9.17) is 0 Å². The van der Waals surface area contributed by atoms with Crippen molar-refractivity contribution in [3.63, 3.8) is 0 Å². The van der Waals surface area contributed by atoms with Crippen molar-refractivity contribution in [1.29, 1.82) is 0 Å². The third kappa shape index (κ3) is 4.59. The lowest BCUT2D eigenvalue weighted by Crippen LogP contribution is -2.01. The van der Waals surface area contributed by atoms with Gasteiger partial charge in [0.05, 0.1) is 11.0 Å². The van der Waals surface area contributed by atoms with Crippen LogP contribution in [0.15, 0.2) is 12.1 Å². The molecular formula is C19H29N2. The zero-order valence-corrected chi connectivity index (χ0v) is 13.8. The summed E-state index contributed by atoms with van der Waals surface area (Å²) >= 11 is 0. The molecule has 21 heavy (non-hydrogen) atoms. The largest absolute Gasteiger partial charge is 0.335 e. The van der Waals surface area contributed by atoms with Crippen molar-refractivity contribution in [2.24, 2.45) is 5.92 Å². The molecule has 0 saturated heterocycles. The van der Waals surface area contributed by atoms with Gasteiger partial charge in [0.1, 0.15) is 0 Å². The molecular weight excluding hydrogens is 256 g/mol. The number of unbranched alkanes of at least 4 members (excludes halogenated alkanes) is 5. The summed E-state index contributed by atoms with van der Waals surface area (Å²) in [6, 6.07) is 4.45. The first kappa shape index (κ1) is 16.1. The molecule has 1 heterocycles. The van der Waals surface area contributed by atoms with Gasteiger partial charge in [0, 0.05) is 0 Å². The Kier molecular flexibility index (Phi) is 6.28. The van der Waals surface area contributed by atoms with E-state index in [9.17, 15) is 0 Å². The van der Waals surface area contributed by atoms with Gasteiger partial charge in [-0.25, -0.2) is 4.98 Å². The average molecular weight is 285 g/mol. The van der Waals surface area contributed by atoms with Crippen LogP contribution in [-0.4, -0.2) is 9.97 Å². The fourth-order valence-corrected chi connectivity index (χ4v) is 3.02. The van der Waals surface area contributed by atoms with E-state index in [-0.39, 0.29) is 0 Å². The number of fused-ring (bicyclic) bond motifs is 1. The van der Waals surface area contributed by atoms with Crippen LogP contribution in [0.3, 0.4) is 0 Å². The molecule has 1 radical (unpaired) electrons. The number of nitrogens with one attached hydrogen (secondary N) is 1. The van der Waals surface area contributed by atoms with Gasteiger partial charge in [-0.2, -0.15) is 0 Å². The lowest BCUT2D eigenvalue weighted by molar-refractivity contribution is 0.602. The molecule has 1 aromatic carbocycles. The van der Waals surface area contributed by atoms with Gasteiger partial charge in [0.25, 0.3) is 0 Å². The monoisotopic (exact) mass is 285 g/mol. The number of hydrogen-bond donors (Lipinski definition) is 1. The van der Waals surface area contributed by atoms with Crippen LogP contribution in [0.1, 0.15) is 70.4 Å². The van der Waals surface area contributed by atoms with Gasteiger partial charge < -0.3 is 4.98 Å².